The Kier molecular flexibility index (Phi) is 7.52. The number of aliphatic hydroxyl groups is 1. The van der Waals surface area contributed by atoms with Gasteiger partial charge >= 0.3 is 6.09 Å². The van der Waals surface area contributed by atoms with Gasteiger partial charge in [-0.3, -0.25) is 0 Å². The van der Waals surface area contributed by atoms with E-state index in [4.69, 9.17) is 4.74 Å². The van der Waals surface area contributed by atoms with E-state index < -0.39 is 27.5 Å². The first-order valence-corrected chi connectivity index (χ1v) is 14.2. The summed E-state index contributed by atoms with van der Waals surface area (Å²) < 4.78 is 47.2. The number of benzene rings is 1. The highest BCUT2D eigenvalue weighted by Gasteiger charge is 2.52. The lowest BCUT2D eigenvalue weighted by molar-refractivity contribution is 0.00896. The van der Waals surface area contributed by atoms with E-state index in [9.17, 15) is 22.7 Å². The molecule has 0 radical (unpaired) electrons. The van der Waals surface area contributed by atoms with Gasteiger partial charge in [0.2, 0.25) is 16.0 Å². The molecule has 1 heterocycles. The molecule has 39 heavy (non-hydrogen) atoms. The number of anilines is 2. The van der Waals surface area contributed by atoms with Crippen LogP contribution in [0.5, 0.6) is 0 Å². The number of aromatic nitrogens is 2. The largest absolute Gasteiger partial charge is 0.449 e. The van der Waals surface area contributed by atoms with Crippen LogP contribution in [0, 0.1) is 11.2 Å². The maximum absolute atomic E-state index is 14.7. The summed E-state index contributed by atoms with van der Waals surface area (Å²) in [5.74, 6) is -0.643. The third-order valence-corrected chi connectivity index (χ3v) is 8.75. The van der Waals surface area contributed by atoms with Gasteiger partial charge in [0.05, 0.1) is 16.2 Å². The first-order valence-electron chi connectivity index (χ1n) is 12.8. The number of carbonyl (C=O) groups is 1. The molecule has 0 unspecified atom stereocenters. The van der Waals surface area contributed by atoms with E-state index in [1.165, 1.54) is 26.0 Å². The van der Waals surface area contributed by atoms with Crippen molar-refractivity contribution >= 4 is 27.8 Å². The minimum Gasteiger partial charge on any atom is -0.449 e. The maximum Gasteiger partial charge on any atom is 0.407 e. The Morgan fingerprint density at radius 1 is 1.23 bits per heavy atom. The summed E-state index contributed by atoms with van der Waals surface area (Å²) in [6.07, 6.45) is 8.09. The second-order valence-corrected chi connectivity index (χ2v) is 13.7. The number of hydrogen-bond donors (Lipinski definition) is 4. The van der Waals surface area contributed by atoms with E-state index in [1.54, 1.807) is 12.4 Å². The van der Waals surface area contributed by atoms with Gasteiger partial charge in [-0.25, -0.2) is 32.3 Å². The number of rotatable bonds is 11. The van der Waals surface area contributed by atoms with Crippen LogP contribution in [0.4, 0.5) is 20.8 Å². The number of alkyl carbamates (subject to hydrolysis) is 1. The zero-order chi connectivity index (χ0) is 28.7. The normalized spacial score (nSPS) is 23.8. The van der Waals surface area contributed by atoms with Crippen LogP contribution in [0.2, 0.25) is 0 Å². The van der Waals surface area contributed by atoms with Crippen LogP contribution in [0.3, 0.4) is 0 Å². The monoisotopic (exact) mass is 561 g/mol. The van der Waals surface area contributed by atoms with Gasteiger partial charge in [-0.1, -0.05) is 13.0 Å². The van der Waals surface area contributed by atoms with Gasteiger partial charge in [0.25, 0.3) is 0 Å². The number of hydrogen-bond acceptors (Lipinski definition) is 8. The molecule has 0 atom stereocenters. The molecule has 1 aromatic carbocycles. The Morgan fingerprint density at radius 3 is 2.41 bits per heavy atom. The second-order valence-electron chi connectivity index (χ2n) is 11.9. The molecule has 1 aromatic heterocycles. The first kappa shape index (κ1) is 28.9. The number of amides is 1. The average molecular weight is 562 g/mol. The molecule has 10 nitrogen and oxygen atoms in total. The topological polar surface area (TPSA) is 143 Å². The molecule has 0 bridgehead atoms. The zero-order valence-electron chi connectivity index (χ0n) is 22.7. The van der Waals surface area contributed by atoms with E-state index in [0.717, 1.165) is 24.5 Å². The molecule has 1 amide bonds. The van der Waals surface area contributed by atoms with Crippen molar-refractivity contribution in [1.82, 2.24) is 20.0 Å². The molecule has 2 aliphatic carbocycles. The van der Waals surface area contributed by atoms with Crippen molar-refractivity contribution in [3.05, 3.63) is 54.6 Å². The van der Waals surface area contributed by atoms with Crippen LogP contribution in [-0.2, 0) is 20.2 Å². The fourth-order valence-electron chi connectivity index (χ4n) is 4.76. The lowest BCUT2D eigenvalue weighted by Gasteiger charge is -2.53. The lowest BCUT2D eigenvalue weighted by Crippen LogP contribution is -2.50. The van der Waals surface area contributed by atoms with Crippen molar-refractivity contribution in [2.75, 3.05) is 18.5 Å². The Balaban J connectivity index is 1.35. The highest BCUT2D eigenvalue weighted by molar-refractivity contribution is 7.89. The third kappa shape index (κ3) is 6.92. The summed E-state index contributed by atoms with van der Waals surface area (Å²) in [5, 5.41) is 15.4. The Morgan fingerprint density at radius 2 is 1.87 bits per heavy atom. The molecule has 0 spiro atoms. The van der Waals surface area contributed by atoms with Crippen molar-refractivity contribution in [3.63, 3.8) is 0 Å². The van der Waals surface area contributed by atoms with Crippen LogP contribution in [-0.4, -0.2) is 53.9 Å². The fourth-order valence-corrected chi connectivity index (χ4v) is 5.98. The second kappa shape index (κ2) is 10.1. The Bertz CT molecular complexity index is 1350. The molecular weight excluding hydrogens is 525 g/mol. The van der Waals surface area contributed by atoms with Gasteiger partial charge in [0.15, 0.2) is 0 Å². The smallest absolute Gasteiger partial charge is 0.407 e. The van der Waals surface area contributed by atoms with Gasteiger partial charge in [-0.05, 0) is 75.6 Å². The highest BCUT2D eigenvalue weighted by atomic mass is 32.2. The van der Waals surface area contributed by atoms with Crippen molar-refractivity contribution in [1.29, 1.82) is 0 Å². The molecule has 0 aliphatic heterocycles. The van der Waals surface area contributed by atoms with Gasteiger partial charge < -0.3 is 20.5 Å². The minimum absolute atomic E-state index is 0.0141. The predicted octanol–water partition coefficient (Wildman–Crippen LogP) is 3.91. The molecular formula is C27H36FN5O5S. The molecule has 4 N–H and O–H groups in total. The van der Waals surface area contributed by atoms with Gasteiger partial charge in [-0.15, -0.1) is 6.58 Å². The van der Waals surface area contributed by atoms with Gasteiger partial charge in [0.1, 0.15) is 12.4 Å². The number of nitrogens with one attached hydrogen (secondary N) is 3. The van der Waals surface area contributed by atoms with E-state index >= 15 is 0 Å². The SMILES string of the molecule is C=CC1(COC(=O)NC2(C)CC2)CC(C)(c2cnc(Nc3ccc(S(=O)(=O)NCC(C)(C)O)cc3F)nc2)C1. The van der Waals surface area contributed by atoms with Crippen LogP contribution < -0.4 is 15.4 Å². The fraction of sp³-hybridized carbons (Fsp3) is 0.519. The van der Waals surface area contributed by atoms with Crippen LogP contribution >= 0.6 is 0 Å². The molecule has 212 valence electrons. The van der Waals surface area contributed by atoms with Gasteiger partial charge in [-0.2, -0.15) is 0 Å². The van der Waals surface area contributed by atoms with E-state index in [2.05, 4.69) is 38.8 Å². The number of ether oxygens (including phenoxy) is 1. The van der Waals surface area contributed by atoms with Crippen molar-refractivity contribution in [2.24, 2.45) is 5.41 Å². The predicted molar refractivity (Wildman–Crippen MR) is 145 cm³/mol. The van der Waals surface area contributed by atoms with Crippen LogP contribution in [0.25, 0.3) is 0 Å². The van der Waals surface area contributed by atoms with Crippen LogP contribution in [0.1, 0.15) is 58.9 Å². The summed E-state index contributed by atoms with van der Waals surface area (Å²) in [6.45, 7) is 11.0. The zero-order valence-corrected chi connectivity index (χ0v) is 23.5. The molecule has 2 fully saturated rings. The molecule has 0 saturated heterocycles. The van der Waals surface area contributed by atoms with E-state index in [0.29, 0.717) is 12.8 Å². The van der Waals surface area contributed by atoms with Crippen molar-refractivity contribution in [3.8, 4) is 0 Å². The number of carbonyl (C=O) groups excluding carboxylic acids is 1. The minimum atomic E-state index is -4.00. The van der Waals surface area contributed by atoms with Crippen LogP contribution in [0.15, 0.2) is 48.1 Å². The lowest BCUT2D eigenvalue weighted by atomic mass is 9.52. The molecule has 2 aliphatic rings. The third-order valence-electron chi connectivity index (χ3n) is 7.35. The summed E-state index contributed by atoms with van der Waals surface area (Å²) in [7, 11) is -4.00. The average Bonchev–Trinajstić information content (AvgIpc) is 3.57. The molecule has 4 rings (SSSR count). The van der Waals surface area contributed by atoms with E-state index in [1.807, 2.05) is 13.0 Å². The summed E-state index contributed by atoms with van der Waals surface area (Å²) in [4.78, 5) is 20.5. The first-order chi connectivity index (χ1) is 18.1. The molecule has 2 aromatic rings. The number of sulfonamides is 1. The van der Waals surface area contributed by atoms with E-state index in [-0.39, 0.29) is 46.1 Å². The summed E-state index contributed by atoms with van der Waals surface area (Å²) in [5.41, 5.74) is -1.07. The van der Waals surface area contributed by atoms with Crippen molar-refractivity contribution < 1.29 is 27.4 Å². The van der Waals surface area contributed by atoms with Gasteiger partial charge in [0, 0.05) is 29.9 Å². The number of nitrogens with zero attached hydrogens (tertiary/aromatic N) is 2. The number of halogens is 1. The van der Waals surface area contributed by atoms with Crippen molar-refractivity contribution in [2.45, 2.75) is 74.8 Å². The standard InChI is InChI=1S/C27H36FN5O5S/c1-6-27(17-38-23(34)33-26(5)9-10-26)14-25(4,15-27)18-12-29-22(30-13-18)32-21-8-7-19(11-20(21)28)39(36,37)31-16-24(2,3)35/h6-8,11-13,31,35H,1,9-10,14-17H2,2-5H3,(H,33,34)(H,29,30,32). The summed E-state index contributed by atoms with van der Waals surface area (Å²) in [6, 6.07) is 3.43. The Labute approximate surface area is 228 Å². The maximum atomic E-state index is 14.7. The Hall–Kier alpha value is -3.09. The highest BCUT2D eigenvalue weighted by Crippen LogP contribution is 2.56. The molecule has 2 saturated carbocycles. The quantitative estimate of drug-likeness (QED) is 0.303. The molecule has 12 heteroatoms. The summed E-state index contributed by atoms with van der Waals surface area (Å²) >= 11 is 0.